The Bertz CT molecular complexity index is 740. The van der Waals surface area contributed by atoms with Gasteiger partial charge in [0.2, 0.25) is 0 Å². The van der Waals surface area contributed by atoms with Crippen LogP contribution in [0.5, 0.6) is 11.5 Å². The summed E-state index contributed by atoms with van der Waals surface area (Å²) in [5, 5.41) is 4.70. The van der Waals surface area contributed by atoms with Gasteiger partial charge < -0.3 is 14.8 Å². The summed E-state index contributed by atoms with van der Waals surface area (Å²) >= 11 is 15.9. The highest BCUT2D eigenvalue weighted by molar-refractivity contribution is 9.10. The van der Waals surface area contributed by atoms with E-state index in [1.54, 1.807) is 13.2 Å². The Morgan fingerprint density at radius 1 is 1.07 bits per heavy atom. The van der Waals surface area contributed by atoms with Gasteiger partial charge in [0.15, 0.2) is 11.5 Å². The van der Waals surface area contributed by atoms with Gasteiger partial charge in [-0.2, -0.15) is 0 Å². The molecule has 1 N–H and O–H groups in total. The Morgan fingerprint density at radius 3 is 2.59 bits per heavy atom. The number of unbranched alkanes of at least 4 members (excludes halogenated alkanes) is 3. The molecule has 0 radical (unpaired) electrons. The lowest BCUT2D eigenvalue weighted by Gasteiger charge is -2.17. The lowest BCUT2D eigenvalue weighted by atomic mass is 10.1. The second kappa shape index (κ2) is 11.8. The van der Waals surface area contributed by atoms with Crippen LogP contribution in [0.4, 0.5) is 0 Å². The Balaban J connectivity index is 2.09. The highest BCUT2D eigenvalue weighted by Gasteiger charge is 2.15. The molecule has 0 atom stereocenters. The van der Waals surface area contributed by atoms with Crippen LogP contribution in [-0.2, 0) is 13.2 Å². The third-order valence-corrected chi connectivity index (χ3v) is 5.61. The average Bonchev–Trinajstić information content (AvgIpc) is 2.65. The number of methoxy groups -OCH3 is 1. The molecule has 0 aliphatic heterocycles. The molecule has 2 aromatic carbocycles. The first kappa shape index (κ1) is 22.4. The first-order valence-electron chi connectivity index (χ1n) is 9.19. The third kappa shape index (κ3) is 6.86. The van der Waals surface area contributed by atoms with E-state index in [9.17, 15) is 0 Å². The number of rotatable bonds is 11. The Morgan fingerprint density at radius 2 is 1.89 bits per heavy atom. The highest BCUT2D eigenvalue weighted by atomic mass is 79.9. The van der Waals surface area contributed by atoms with E-state index >= 15 is 0 Å². The fourth-order valence-electron chi connectivity index (χ4n) is 2.74. The van der Waals surface area contributed by atoms with Gasteiger partial charge in [0.05, 0.1) is 7.11 Å². The zero-order chi connectivity index (χ0) is 19.6. The minimum absolute atomic E-state index is 0.340. The normalized spacial score (nSPS) is 10.9. The molecule has 2 rings (SSSR count). The molecule has 0 spiro atoms. The van der Waals surface area contributed by atoms with Gasteiger partial charge >= 0.3 is 0 Å². The predicted molar refractivity (Wildman–Crippen MR) is 117 cm³/mol. The third-order valence-electron chi connectivity index (χ3n) is 4.28. The first-order chi connectivity index (χ1) is 13.1. The zero-order valence-electron chi connectivity index (χ0n) is 15.8. The molecule has 0 unspecified atom stereocenters. The van der Waals surface area contributed by atoms with Gasteiger partial charge in [-0.25, -0.2) is 0 Å². The van der Waals surface area contributed by atoms with Gasteiger partial charge in [0.1, 0.15) is 6.61 Å². The van der Waals surface area contributed by atoms with Crippen LogP contribution in [0.25, 0.3) is 0 Å². The summed E-state index contributed by atoms with van der Waals surface area (Å²) in [6.45, 7) is 4.24. The van der Waals surface area contributed by atoms with Crippen molar-refractivity contribution in [1.29, 1.82) is 0 Å². The molecule has 0 fully saturated rings. The summed E-state index contributed by atoms with van der Waals surface area (Å²) < 4.78 is 12.6. The van der Waals surface area contributed by atoms with E-state index in [2.05, 4.69) is 28.2 Å². The van der Waals surface area contributed by atoms with E-state index in [1.807, 2.05) is 24.3 Å². The second-order valence-electron chi connectivity index (χ2n) is 6.32. The number of hydrogen-bond donors (Lipinski definition) is 1. The quantitative estimate of drug-likeness (QED) is 0.355. The van der Waals surface area contributed by atoms with E-state index < -0.39 is 0 Å². The van der Waals surface area contributed by atoms with E-state index in [1.165, 1.54) is 25.7 Å². The molecule has 0 bridgehead atoms. The molecular weight excluding hydrogens is 449 g/mol. The van der Waals surface area contributed by atoms with Crippen LogP contribution in [0.2, 0.25) is 10.0 Å². The smallest absolute Gasteiger partial charge is 0.167 e. The van der Waals surface area contributed by atoms with E-state index in [-0.39, 0.29) is 0 Å². The maximum Gasteiger partial charge on any atom is 0.167 e. The average molecular weight is 475 g/mol. The monoisotopic (exact) mass is 473 g/mol. The van der Waals surface area contributed by atoms with Crippen molar-refractivity contribution in [3.63, 3.8) is 0 Å². The van der Waals surface area contributed by atoms with Crippen molar-refractivity contribution >= 4 is 39.1 Å². The van der Waals surface area contributed by atoms with E-state index in [0.717, 1.165) is 27.9 Å². The van der Waals surface area contributed by atoms with Gasteiger partial charge in [0, 0.05) is 32.2 Å². The topological polar surface area (TPSA) is 30.5 Å². The zero-order valence-corrected chi connectivity index (χ0v) is 18.9. The predicted octanol–water partition coefficient (Wildman–Crippen LogP) is 7.01. The van der Waals surface area contributed by atoms with Crippen LogP contribution >= 0.6 is 39.1 Å². The van der Waals surface area contributed by atoms with Gasteiger partial charge in [0.25, 0.3) is 0 Å². The fourth-order valence-corrected chi connectivity index (χ4v) is 3.66. The van der Waals surface area contributed by atoms with Gasteiger partial charge in [-0.15, -0.1) is 0 Å². The molecule has 0 aliphatic rings. The van der Waals surface area contributed by atoms with Crippen molar-refractivity contribution in [2.75, 3.05) is 13.7 Å². The van der Waals surface area contributed by atoms with E-state index in [0.29, 0.717) is 28.9 Å². The number of nitrogens with one attached hydrogen (secondary N) is 1. The van der Waals surface area contributed by atoms with Crippen LogP contribution < -0.4 is 14.8 Å². The maximum atomic E-state index is 6.27. The number of benzene rings is 2. The minimum Gasteiger partial charge on any atom is -0.493 e. The summed E-state index contributed by atoms with van der Waals surface area (Å²) in [6.07, 6.45) is 4.95. The van der Waals surface area contributed by atoms with E-state index in [4.69, 9.17) is 32.7 Å². The Hall–Kier alpha value is -0.940. The number of ether oxygens (including phenoxy) is 2. The van der Waals surface area contributed by atoms with Crippen LogP contribution in [-0.4, -0.2) is 13.7 Å². The van der Waals surface area contributed by atoms with Crippen molar-refractivity contribution in [2.24, 2.45) is 0 Å². The fraction of sp³-hybridized carbons (Fsp3) is 0.429. The van der Waals surface area contributed by atoms with Crippen molar-refractivity contribution in [3.8, 4) is 11.5 Å². The molecular formula is C21H26BrCl2NO2. The lowest BCUT2D eigenvalue weighted by molar-refractivity contribution is 0.280. The molecule has 0 amide bonds. The van der Waals surface area contributed by atoms with Gasteiger partial charge in [-0.1, -0.05) is 71.4 Å². The molecule has 0 heterocycles. The molecule has 27 heavy (non-hydrogen) atoms. The summed E-state index contributed by atoms with van der Waals surface area (Å²) in [6, 6.07) is 9.28. The van der Waals surface area contributed by atoms with Crippen molar-refractivity contribution in [1.82, 2.24) is 5.32 Å². The van der Waals surface area contributed by atoms with Crippen LogP contribution in [0.1, 0.15) is 43.7 Å². The van der Waals surface area contributed by atoms with Crippen LogP contribution in [0, 0.1) is 0 Å². The SMILES string of the molecule is CCCCCCNCc1c(Br)ccc(OC)c1OCc1ccc(Cl)cc1Cl. The molecule has 3 nitrogen and oxygen atoms in total. The molecule has 148 valence electrons. The standard InChI is InChI=1S/C21H26BrCl2NO2/c1-3-4-5-6-11-25-13-17-18(22)9-10-20(26-2)21(17)27-14-15-7-8-16(23)12-19(15)24/h7-10,12,25H,3-6,11,13-14H2,1-2H3. The summed E-state index contributed by atoms with van der Waals surface area (Å²) in [7, 11) is 1.65. The van der Waals surface area contributed by atoms with Crippen molar-refractivity contribution in [2.45, 2.75) is 45.8 Å². The van der Waals surface area contributed by atoms with Gasteiger partial charge in [-0.3, -0.25) is 0 Å². The van der Waals surface area contributed by atoms with Crippen LogP contribution in [0.3, 0.4) is 0 Å². The first-order valence-corrected chi connectivity index (χ1v) is 10.7. The van der Waals surface area contributed by atoms with Crippen molar-refractivity contribution < 1.29 is 9.47 Å². The molecule has 6 heteroatoms. The van der Waals surface area contributed by atoms with Crippen LogP contribution in [0.15, 0.2) is 34.8 Å². The largest absolute Gasteiger partial charge is 0.493 e. The summed E-state index contributed by atoms with van der Waals surface area (Å²) in [4.78, 5) is 0. The summed E-state index contributed by atoms with van der Waals surface area (Å²) in [5.74, 6) is 1.42. The Labute approximate surface area is 180 Å². The molecule has 2 aromatic rings. The minimum atomic E-state index is 0.340. The lowest BCUT2D eigenvalue weighted by Crippen LogP contribution is -2.16. The molecule has 0 aromatic heterocycles. The summed E-state index contributed by atoms with van der Waals surface area (Å²) in [5.41, 5.74) is 1.91. The maximum absolute atomic E-state index is 6.27. The highest BCUT2D eigenvalue weighted by Crippen LogP contribution is 2.37. The number of hydrogen-bond acceptors (Lipinski definition) is 3. The molecule has 0 saturated heterocycles. The van der Waals surface area contributed by atoms with Crippen molar-refractivity contribution in [3.05, 3.63) is 56.0 Å². The Kier molecular flexibility index (Phi) is 9.77. The molecule has 0 aliphatic carbocycles. The van der Waals surface area contributed by atoms with Gasteiger partial charge in [-0.05, 0) is 37.2 Å². The number of halogens is 3. The molecule has 0 saturated carbocycles. The second-order valence-corrected chi connectivity index (χ2v) is 8.02.